The normalized spacial score (nSPS) is 12.2. The Morgan fingerprint density at radius 3 is 2.84 bits per heavy atom. The van der Waals surface area contributed by atoms with Gasteiger partial charge in [0, 0.05) is 13.6 Å². The van der Waals surface area contributed by atoms with Crippen LogP contribution in [-0.4, -0.2) is 24.3 Å². The Kier molecular flexibility index (Phi) is 5.53. The van der Waals surface area contributed by atoms with Gasteiger partial charge in [-0.05, 0) is 29.3 Å². The van der Waals surface area contributed by atoms with Crippen LogP contribution >= 0.6 is 11.3 Å². The molecule has 0 aliphatic carbocycles. The number of hydrogen-bond donors (Lipinski definition) is 2. The Morgan fingerprint density at radius 2 is 2.08 bits per heavy atom. The average Bonchev–Trinajstić information content (AvgIpc) is 3.12. The second-order valence-electron chi connectivity index (χ2n) is 5.32. The summed E-state index contributed by atoms with van der Waals surface area (Å²) in [5.74, 6) is 0.543. The summed E-state index contributed by atoms with van der Waals surface area (Å²) in [4.78, 5) is 20.0. The maximum atomic E-state index is 11.4. The number of fused-ring (bicyclic) bond motifs is 1. The van der Waals surface area contributed by atoms with Crippen LogP contribution in [0.2, 0.25) is 0 Å². The molecule has 0 atom stereocenters. The molecule has 5 nitrogen and oxygen atoms in total. The molecule has 0 saturated carbocycles. The number of nitrogens with one attached hydrogen (secondary N) is 2. The summed E-state index contributed by atoms with van der Waals surface area (Å²) >= 11 is 1.57. The van der Waals surface area contributed by atoms with Gasteiger partial charge in [0.25, 0.3) is 0 Å². The maximum Gasteiger partial charge on any atom is 0.196 e. The van der Waals surface area contributed by atoms with E-state index >= 15 is 0 Å². The van der Waals surface area contributed by atoms with Crippen LogP contribution in [0.4, 0.5) is 0 Å². The van der Waals surface area contributed by atoms with Gasteiger partial charge >= 0.3 is 0 Å². The van der Waals surface area contributed by atoms with E-state index in [2.05, 4.69) is 20.6 Å². The highest BCUT2D eigenvalue weighted by Crippen LogP contribution is 2.20. The van der Waals surface area contributed by atoms with Crippen molar-refractivity contribution in [1.82, 2.24) is 15.6 Å². The van der Waals surface area contributed by atoms with Crippen LogP contribution in [0.1, 0.15) is 11.1 Å². The van der Waals surface area contributed by atoms with Crippen molar-refractivity contribution in [3.05, 3.63) is 70.9 Å². The molecule has 0 aliphatic rings. The zero-order chi connectivity index (χ0) is 17.5. The fourth-order valence-electron chi connectivity index (χ4n) is 2.32. The molecule has 25 heavy (non-hydrogen) atoms. The van der Waals surface area contributed by atoms with E-state index in [-0.39, 0.29) is 0 Å². The summed E-state index contributed by atoms with van der Waals surface area (Å²) in [7, 11) is 1.77. The predicted octanol–water partition coefficient (Wildman–Crippen LogP) is 3.20. The van der Waals surface area contributed by atoms with Gasteiger partial charge in [0.05, 0.1) is 15.7 Å². The first kappa shape index (κ1) is 16.9. The molecule has 126 valence electrons. The predicted molar refractivity (Wildman–Crippen MR) is 103 cm³/mol. The minimum absolute atomic E-state index is 0.341. The molecule has 0 aliphatic heterocycles. The number of aliphatic imine (C=N–C) groups is 1. The van der Waals surface area contributed by atoms with E-state index in [1.54, 1.807) is 24.5 Å². The van der Waals surface area contributed by atoms with Gasteiger partial charge in [0.15, 0.2) is 12.2 Å². The monoisotopic (exact) mass is 350 g/mol. The van der Waals surface area contributed by atoms with E-state index in [0.29, 0.717) is 18.2 Å². The summed E-state index contributed by atoms with van der Waals surface area (Å²) in [6.45, 7) is 0.624. The number of aromatic nitrogens is 1. The van der Waals surface area contributed by atoms with Gasteiger partial charge in [-0.2, -0.15) is 0 Å². The van der Waals surface area contributed by atoms with Crippen molar-refractivity contribution in [3.8, 4) is 0 Å². The fourth-order valence-corrected chi connectivity index (χ4v) is 3.04. The minimum Gasteiger partial charge on any atom is -0.359 e. The highest BCUT2D eigenvalue weighted by molar-refractivity contribution is 7.16. The van der Waals surface area contributed by atoms with Crippen LogP contribution in [-0.2, 0) is 11.3 Å². The zero-order valence-electron chi connectivity index (χ0n) is 13.8. The van der Waals surface area contributed by atoms with Crippen LogP contribution < -0.4 is 10.6 Å². The Labute approximate surface area is 150 Å². The zero-order valence-corrected chi connectivity index (χ0v) is 14.6. The molecular weight excluding hydrogens is 332 g/mol. The van der Waals surface area contributed by atoms with Gasteiger partial charge in [-0.15, -0.1) is 11.3 Å². The number of nitrogens with zero attached hydrogens (tertiary/aromatic N) is 2. The van der Waals surface area contributed by atoms with Gasteiger partial charge < -0.3 is 10.6 Å². The van der Waals surface area contributed by atoms with Gasteiger partial charge in [0.1, 0.15) is 5.70 Å². The third-order valence-corrected chi connectivity index (χ3v) is 4.36. The highest BCUT2D eigenvalue weighted by atomic mass is 32.1. The number of guanidine groups is 1. The molecule has 0 fully saturated rings. The van der Waals surface area contributed by atoms with Crippen molar-refractivity contribution < 1.29 is 4.79 Å². The standard InChI is InChI=1S/C19H18N4OS/c1-20-19(21-11-14-5-3-2-4-6-14)23-16(12-24)9-15-7-8-17-18(10-15)25-13-22-17/h2-10,12-13H,11H2,1H3,(H2,20,21,23)/b16-9-. The molecule has 0 spiro atoms. The summed E-state index contributed by atoms with van der Waals surface area (Å²) in [5.41, 5.74) is 5.16. The lowest BCUT2D eigenvalue weighted by Gasteiger charge is -2.09. The number of carbonyl (C=O) groups is 1. The van der Waals surface area contributed by atoms with E-state index in [9.17, 15) is 4.79 Å². The quantitative estimate of drug-likeness (QED) is 0.321. The molecule has 0 saturated heterocycles. The lowest BCUT2D eigenvalue weighted by Crippen LogP contribution is -2.34. The number of rotatable bonds is 5. The summed E-state index contributed by atoms with van der Waals surface area (Å²) in [6.07, 6.45) is 2.51. The van der Waals surface area contributed by atoms with Crippen molar-refractivity contribution >= 4 is 39.9 Å². The minimum atomic E-state index is 0.341. The van der Waals surface area contributed by atoms with Crippen LogP contribution in [0.5, 0.6) is 0 Å². The van der Waals surface area contributed by atoms with Crippen molar-refractivity contribution in [2.24, 2.45) is 4.99 Å². The Morgan fingerprint density at radius 1 is 1.24 bits per heavy atom. The molecule has 1 aromatic heterocycles. The van der Waals surface area contributed by atoms with Crippen molar-refractivity contribution in [1.29, 1.82) is 0 Å². The van der Waals surface area contributed by atoms with Gasteiger partial charge in [0.2, 0.25) is 0 Å². The molecule has 3 rings (SSSR count). The van der Waals surface area contributed by atoms with Crippen LogP contribution in [0.25, 0.3) is 16.3 Å². The van der Waals surface area contributed by atoms with E-state index in [0.717, 1.165) is 27.6 Å². The number of aldehydes is 1. The molecular formula is C19H18N4OS. The van der Waals surface area contributed by atoms with Gasteiger partial charge in [-0.1, -0.05) is 36.4 Å². The number of allylic oxidation sites excluding steroid dienone is 1. The second-order valence-corrected chi connectivity index (χ2v) is 6.20. The van der Waals surface area contributed by atoms with Crippen LogP contribution in [0, 0.1) is 0 Å². The number of benzene rings is 2. The number of carbonyl (C=O) groups excluding carboxylic acids is 1. The fraction of sp³-hybridized carbons (Fsp3) is 0.105. The lowest BCUT2D eigenvalue weighted by molar-refractivity contribution is -0.104. The molecule has 0 unspecified atom stereocenters. The third kappa shape index (κ3) is 4.51. The van der Waals surface area contributed by atoms with Gasteiger partial charge in [-0.3, -0.25) is 4.79 Å². The van der Waals surface area contributed by atoms with E-state index in [1.165, 1.54) is 0 Å². The topological polar surface area (TPSA) is 66.4 Å². The first-order valence-corrected chi connectivity index (χ1v) is 8.71. The van der Waals surface area contributed by atoms with Crippen LogP contribution in [0.3, 0.4) is 0 Å². The first-order chi connectivity index (χ1) is 12.3. The number of thiazole rings is 1. The Hall–Kier alpha value is -2.99. The Balaban J connectivity index is 1.77. The van der Waals surface area contributed by atoms with E-state index in [4.69, 9.17) is 0 Å². The lowest BCUT2D eigenvalue weighted by atomic mass is 10.2. The molecule has 6 heteroatoms. The summed E-state index contributed by atoms with van der Waals surface area (Å²) < 4.78 is 1.08. The summed E-state index contributed by atoms with van der Waals surface area (Å²) in [6, 6.07) is 15.9. The maximum absolute atomic E-state index is 11.4. The Bertz CT molecular complexity index is 915. The molecule has 0 amide bonds. The SMILES string of the molecule is CN/C(=N\C(C=O)=C/c1ccc2ncsc2c1)NCc1ccccc1. The molecule has 0 bridgehead atoms. The molecule has 0 radical (unpaired) electrons. The molecule has 2 aromatic carbocycles. The molecule has 2 N–H and O–H groups in total. The van der Waals surface area contributed by atoms with Crippen molar-refractivity contribution in [3.63, 3.8) is 0 Å². The highest BCUT2D eigenvalue weighted by Gasteiger charge is 2.02. The van der Waals surface area contributed by atoms with Crippen molar-refractivity contribution in [2.75, 3.05) is 7.05 Å². The van der Waals surface area contributed by atoms with Gasteiger partial charge in [-0.25, -0.2) is 9.98 Å². The summed E-state index contributed by atoms with van der Waals surface area (Å²) in [5, 5.41) is 6.17. The largest absolute Gasteiger partial charge is 0.359 e. The van der Waals surface area contributed by atoms with Crippen LogP contribution in [0.15, 0.2) is 64.7 Å². The molecule has 1 heterocycles. The van der Waals surface area contributed by atoms with E-state index < -0.39 is 0 Å². The molecule has 3 aromatic rings. The first-order valence-electron chi connectivity index (χ1n) is 7.83. The number of hydrogen-bond acceptors (Lipinski definition) is 4. The van der Waals surface area contributed by atoms with Crippen molar-refractivity contribution in [2.45, 2.75) is 6.54 Å². The second kappa shape index (κ2) is 8.21. The third-order valence-electron chi connectivity index (χ3n) is 3.57. The van der Waals surface area contributed by atoms with E-state index in [1.807, 2.05) is 54.0 Å². The smallest absolute Gasteiger partial charge is 0.196 e. The average molecular weight is 350 g/mol.